The highest BCUT2D eigenvalue weighted by Gasteiger charge is 1.97. The number of hydrogen-bond donors (Lipinski definition) is 1. The Morgan fingerprint density at radius 3 is 2.82 bits per heavy atom. The topological polar surface area (TPSA) is 20.2 Å². The summed E-state index contributed by atoms with van der Waals surface area (Å²) in [7, 11) is 0. The van der Waals surface area contributed by atoms with Crippen LogP contribution in [0.5, 0.6) is 5.75 Å². The van der Waals surface area contributed by atoms with Crippen LogP contribution < -0.4 is 0 Å². The van der Waals surface area contributed by atoms with Gasteiger partial charge in [0.15, 0.2) is 0 Å². The molecule has 0 bridgehead atoms. The fraction of sp³-hybridized carbons (Fsp3) is 0.111. The SMILES string of the molecule is C=Cc1ccc(O)cc1CCl. The van der Waals surface area contributed by atoms with Crippen molar-refractivity contribution in [3.8, 4) is 5.75 Å². The van der Waals surface area contributed by atoms with Crippen LogP contribution in [0.25, 0.3) is 6.08 Å². The molecule has 58 valence electrons. The predicted octanol–water partition coefficient (Wildman–Crippen LogP) is 2.77. The summed E-state index contributed by atoms with van der Waals surface area (Å²) in [5.41, 5.74) is 1.87. The standard InChI is InChI=1S/C9H9ClO/c1-2-7-3-4-9(11)5-8(7)6-10/h2-5,11H,1,6H2. The Balaban J connectivity index is 3.16. The van der Waals surface area contributed by atoms with Crippen LogP contribution in [0.4, 0.5) is 0 Å². The van der Waals surface area contributed by atoms with Crippen molar-refractivity contribution in [1.82, 2.24) is 0 Å². The molecule has 2 heteroatoms. The van der Waals surface area contributed by atoms with Crippen molar-refractivity contribution in [3.63, 3.8) is 0 Å². The number of aromatic hydroxyl groups is 1. The number of benzene rings is 1. The van der Waals surface area contributed by atoms with Gasteiger partial charge in [-0.2, -0.15) is 0 Å². The van der Waals surface area contributed by atoms with E-state index in [-0.39, 0.29) is 5.75 Å². The van der Waals surface area contributed by atoms with Gasteiger partial charge in [0.1, 0.15) is 5.75 Å². The van der Waals surface area contributed by atoms with Crippen LogP contribution in [-0.4, -0.2) is 5.11 Å². The van der Waals surface area contributed by atoms with E-state index < -0.39 is 0 Å². The van der Waals surface area contributed by atoms with Crippen molar-refractivity contribution in [2.75, 3.05) is 0 Å². The zero-order chi connectivity index (χ0) is 8.27. The molecule has 0 radical (unpaired) electrons. The Morgan fingerprint density at radius 1 is 1.55 bits per heavy atom. The fourth-order valence-electron chi connectivity index (χ4n) is 0.907. The van der Waals surface area contributed by atoms with Crippen LogP contribution in [0.2, 0.25) is 0 Å². The van der Waals surface area contributed by atoms with Gasteiger partial charge in [0.05, 0.1) is 0 Å². The summed E-state index contributed by atoms with van der Waals surface area (Å²) in [5.74, 6) is 0.640. The summed E-state index contributed by atoms with van der Waals surface area (Å²) in [6.45, 7) is 3.63. The Bertz CT molecular complexity index is 268. The van der Waals surface area contributed by atoms with E-state index in [0.29, 0.717) is 5.88 Å². The molecule has 0 unspecified atom stereocenters. The minimum atomic E-state index is 0.242. The molecule has 1 rings (SSSR count). The highest BCUT2D eigenvalue weighted by atomic mass is 35.5. The molecule has 0 aliphatic carbocycles. The van der Waals surface area contributed by atoms with Gasteiger partial charge in [-0.05, 0) is 23.3 Å². The molecule has 1 aromatic rings. The van der Waals surface area contributed by atoms with E-state index >= 15 is 0 Å². The molecule has 11 heavy (non-hydrogen) atoms. The maximum absolute atomic E-state index is 9.07. The third kappa shape index (κ3) is 1.75. The van der Waals surface area contributed by atoms with Crippen LogP contribution in [0.1, 0.15) is 11.1 Å². The molecule has 1 aromatic carbocycles. The van der Waals surface area contributed by atoms with Crippen LogP contribution in [0, 0.1) is 0 Å². The van der Waals surface area contributed by atoms with E-state index in [9.17, 15) is 0 Å². The zero-order valence-electron chi connectivity index (χ0n) is 6.05. The average molecular weight is 169 g/mol. The summed E-state index contributed by atoms with van der Waals surface area (Å²) >= 11 is 5.62. The average Bonchev–Trinajstić information content (AvgIpc) is 2.04. The molecule has 1 nitrogen and oxygen atoms in total. The number of halogens is 1. The monoisotopic (exact) mass is 168 g/mol. The van der Waals surface area contributed by atoms with E-state index in [2.05, 4.69) is 6.58 Å². The molecule has 0 aliphatic rings. The van der Waals surface area contributed by atoms with Gasteiger partial charge in [0.2, 0.25) is 0 Å². The summed E-state index contributed by atoms with van der Waals surface area (Å²) in [4.78, 5) is 0. The lowest BCUT2D eigenvalue weighted by Gasteiger charge is -2.01. The van der Waals surface area contributed by atoms with Crippen molar-refractivity contribution < 1.29 is 5.11 Å². The molecule has 0 heterocycles. The summed E-state index contributed by atoms with van der Waals surface area (Å²) in [6.07, 6.45) is 1.72. The van der Waals surface area contributed by atoms with Crippen molar-refractivity contribution in [2.45, 2.75) is 5.88 Å². The van der Waals surface area contributed by atoms with E-state index in [0.717, 1.165) is 11.1 Å². The lowest BCUT2D eigenvalue weighted by Crippen LogP contribution is -1.82. The van der Waals surface area contributed by atoms with Crippen molar-refractivity contribution in [2.24, 2.45) is 0 Å². The number of phenols is 1. The maximum atomic E-state index is 9.07. The number of hydrogen-bond acceptors (Lipinski definition) is 1. The first-order chi connectivity index (χ1) is 5.27. The lowest BCUT2D eigenvalue weighted by atomic mass is 10.1. The largest absolute Gasteiger partial charge is 0.508 e. The van der Waals surface area contributed by atoms with Gasteiger partial charge in [-0.1, -0.05) is 18.7 Å². The molecule has 0 spiro atoms. The van der Waals surface area contributed by atoms with Crippen LogP contribution >= 0.6 is 11.6 Å². The molecule has 0 saturated heterocycles. The Labute approximate surface area is 70.9 Å². The third-order valence-corrected chi connectivity index (χ3v) is 1.78. The number of phenolic OH excluding ortho intramolecular Hbond substituents is 1. The van der Waals surface area contributed by atoms with Gasteiger partial charge in [0, 0.05) is 5.88 Å². The maximum Gasteiger partial charge on any atom is 0.115 e. The normalized spacial score (nSPS) is 9.55. The third-order valence-electron chi connectivity index (χ3n) is 1.49. The van der Waals surface area contributed by atoms with Gasteiger partial charge < -0.3 is 5.11 Å². The summed E-state index contributed by atoms with van der Waals surface area (Å²) in [5, 5.41) is 9.07. The van der Waals surface area contributed by atoms with Gasteiger partial charge in [-0.25, -0.2) is 0 Å². The van der Waals surface area contributed by atoms with Crippen molar-refractivity contribution >= 4 is 17.7 Å². The minimum absolute atomic E-state index is 0.242. The molecule has 0 aliphatic heterocycles. The second-order valence-corrected chi connectivity index (χ2v) is 2.49. The summed E-state index contributed by atoms with van der Waals surface area (Å²) in [6, 6.07) is 5.05. The molecule has 0 aromatic heterocycles. The first-order valence-electron chi connectivity index (χ1n) is 3.28. The number of alkyl halides is 1. The van der Waals surface area contributed by atoms with Crippen LogP contribution in [0.3, 0.4) is 0 Å². The van der Waals surface area contributed by atoms with Gasteiger partial charge in [0.25, 0.3) is 0 Å². The second kappa shape index (κ2) is 3.44. The molecular formula is C9H9ClO. The molecule has 0 fully saturated rings. The van der Waals surface area contributed by atoms with Gasteiger partial charge in [-0.3, -0.25) is 0 Å². The quantitative estimate of drug-likeness (QED) is 0.674. The van der Waals surface area contributed by atoms with E-state index in [4.69, 9.17) is 16.7 Å². The fourth-order valence-corrected chi connectivity index (χ4v) is 1.14. The molecule has 0 atom stereocenters. The molecule has 0 saturated carbocycles. The van der Waals surface area contributed by atoms with Crippen LogP contribution in [0.15, 0.2) is 24.8 Å². The van der Waals surface area contributed by atoms with Crippen LogP contribution in [-0.2, 0) is 5.88 Å². The second-order valence-electron chi connectivity index (χ2n) is 2.22. The van der Waals surface area contributed by atoms with E-state index in [1.54, 1.807) is 24.3 Å². The van der Waals surface area contributed by atoms with Gasteiger partial charge in [-0.15, -0.1) is 11.6 Å². The molecule has 0 amide bonds. The zero-order valence-corrected chi connectivity index (χ0v) is 6.80. The van der Waals surface area contributed by atoms with Crippen molar-refractivity contribution in [1.29, 1.82) is 0 Å². The predicted molar refractivity (Wildman–Crippen MR) is 47.8 cm³/mol. The molecule has 1 N–H and O–H groups in total. The summed E-state index contributed by atoms with van der Waals surface area (Å²) < 4.78 is 0. The van der Waals surface area contributed by atoms with E-state index in [1.165, 1.54) is 0 Å². The van der Waals surface area contributed by atoms with Gasteiger partial charge >= 0.3 is 0 Å². The molecular weight excluding hydrogens is 160 g/mol. The highest BCUT2D eigenvalue weighted by Crippen LogP contribution is 2.18. The van der Waals surface area contributed by atoms with E-state index in [1.807, 2.05) is 0 Å². The first-order valence-corrected chi connectivity index (χ1v) is 3.81. The Hall–Kier alpha value is -0.950. The Morgan fingerprint density at radius 2 is 2.27 bits per heavy atom. The Kier molecular flexibility index (Phi) is 2.55. The lowest BCUT2D eigenvalue weighted by molar-refractivity contribution is 0.475. The highest BCUT2D eigenvalue weighted by molar-refractivity contribution is 6.17. The smallest absolute Gasteiger partial charge is 0.115 e. The number of rotatable bonds is 2. The van der Waals surface area contributed by atoms with Crippen molar-refractivity contribution in [3.05, 3.63) is 35.9 Å². The minimum Gasteiger partial charge on any atom is -0.508 e. The first kappa shape index (κ1) is 8.15.